The third kappa shape index (κ3) is 6.01. The van der Waals surface area contributed by atoms with E-state index in [9.17, 15) is 4.79 Å². The van der Waals surface area contributed by atoms with Gasteiger partial charge in [-0.1, -0.05) is 6.07 Å². The SMILES string of the molecule is COc1ccc(-c2nc3cc(SC)ccc3cc2CN(CCN(C)C)C(=O)c2csc(C)n2)cc1. The van der Waals surface area contributed by atoms with Crippen molar-refractivity contribution in [3.8, 4) is 17.0 Å². The molecule has 6 nitrogen and oxygen atoms in total. The number of carbonyl (C=O) groups excluding carboxylic acids is 1. The van der Waals surface area contributed by atoms with Crippen molar-refractivity contribution >= 4 is 39.9 Å². The van der Waals surface area contributed by atoms with Gasteiger partial charge in [0, 0.05) is 40.9 Å². The number of benzene rings is 2. The molecule has 0 unspecified atom stereocenters. The smallest absolute Gasteiger partial charge is 0.273 e. The summed E-state index contributed by atoms with van der Waals surface area (Å²) < 4.78 is 5.35. The molecule has 2 aromatic heterocycles. The van der Waals surface area contributed by atoms with Crippen molar-refractivity contribution in [1.29, 1.82) is 0 Å². The van der Waals surface area contributed by atoms with Gasteiger partial charge in [-0.25, -0.2) is 9.97 Å². The summed E-state index contributed by atoms with van der Waals surface area (Å²) in [6.45, 7) is 3.71. The fourth-order valence-electron chi connectivity index (χ4n) is 3.84. The number of methoxy groups -OCH3 is 1. The summed E-state index contributed by atoms with van der Waals surface area (Å²) in [5, 5.41) is 3.78. The first-order valence-corrected chi connectivity index (χ1v) is 13.5. The molecule has 0 aliphatic heterocycles. The number of hydrogen-bond donors (Lipinski definition) is 0. The topological polar surface area (TPSA) is 58.6 Å². The molecule has 0 aliphatic rings. The van der Waals surface area contributed by atoms with Crippen LogP contribution in [0.25, 0.3) is 22.2 Å². The van der Waals surface area contributed by atoms with E-state index in [4.69, 9.17) is 9.72 Å². The van der Waals surface area contributed by atoms with Gasteiger partial charge in [0.15, 0.2) is 0 Å². The molecule has 0 fully saturated rings. The monoisotopic (exact) mass is 506 g/mol. The molecule has 182 valence electrons. The Bertz CT molecular complexity index is 1320. The van der Waals surface area contributed by atoms with E-state index in [2.05, 4.69) is 40.4 Å². The van der Waals surface area contributed by atoms with Gasteiger partial charge in [-0.3, -0.25) is 4.79 Å². The first-order chi connectivity index (χ1) is 16.9. The van der Waals surface area contributed by atoms with Crippen LogP contribution in [0, 0.1) is 6.92 Å². The maximum atomic E-state index is 13.5. The molecule has 2 aromatic carbocycles. The van der Waals surface area contributed by atoms with E-state index >= 15 is 0 Å². The third-order valence-electron chi connectivity index (χ3n) is 5.77. The van der Waals surface area contributed by atoms with Crippen LogP contribution in [-0.2, 0) is 6.54 Å². The highest BCUT2D eigenvalue weighted by Gasteiger charge is 2.21. The number of fused-ring (bicyclic) bond motifs is 1. The summed E-state index contributed by atoms with van der Waals surface area (Å²) in [4.78, 5) is 28.1. The van der Waals surface area contributed by atoms with Crippen LogP contribution in [0.15, 0.2) is 58.8 Å². The minimum atomic E-state index is -0.0605. The summed E-state index contributed by atoms with van der Waals surface area (Å²) >= 11 is 3.19. The van der Waals surface area contributed by atoms with Crippen molar-refractivity contribution in [2.45, 2.75) is 18.4 Å². The first-order valence-electron chi connectivity index (χ1n) is 11.4. The number of hydrogen-bond acceptors (Lipinski definition) is 7. The third-order valence-corrected chi connectivity index (χ3v) is 7.27. The van der Waals surface area contributed by atoms with Crippen molar-refractivity contribution < 1.29 is 9.53 Å². The van der Waals surface area contributed by atoms with E-state index in [0.717, 1.165) is 45.0 Å². The van der Waals surface area contributed by atoms with Crippen LogP contribution in [0.5, 0.6) is 5.75 Å². The van der Waals surface area contributed by atoms with Gasteiger partial charge >= 0.3 is 0 Å². The number of ether oxygens (including phenoxy) is 1. The van der Waals surface area contributed by atoms with Crippen molar-refractivity contribution in [2.75, 3.05) is 40.6 Å². The van der Waals surface area contributed by atoms with Crippen molar-refractivity contribution in [2.24, 2.45) is 0 Å². The van der Waals surface area contributed by atoms with E-state index in [0.29, 0.717) is 18.8 Å². The number of thioether (sulfide) groups is 1. The maximum Gasteiger partial charge on any atom is 0.273 e. The fraction of sp³-hybridized carbons (Fsp3) is 0.296. The predicted octanol–water partition coefficient (Wildman–Crippen LogP) is 5.60. The van der Waals surface area contributed by atoms with Crippen LogP contribution >= 0.6 is 23.1 Å². The summed E-state index contributed by atoms with van der Waals surface area (Å²) in [6, 6.07) is 16.4. The quantitative estimate of drug-likeness (QED) is 0.275. The van der Waals surface area contributed by atoms with Crippen molar-refractivity contribution in [3.63, 3.8) is 0 Å². The number of aryl methyl sites for hydroxylation is 1. The highest BCUT2D eigenvalue weighted by atomic mass is 32.2. The number of likely N-dealkylation sites (N-methyl/N-ethyl adjacent to an activating group) is 1. The normalized spacial score (nSPS) is 11.3. The van der Waals surface area contributed by atoms with Gasteiger partial charge in [0.2, 0.25) is 0 Å². The first kappa shape index (κ1) is 25.2. The summed E-state index contributed by atoms with van der Waals surface area (Å²) in [5.41, 5.74) is 4.29. The number of carbonyl (C=O) groups is 1. The van der Waals surface area contributed by atoms with Gasteiger partial charge in [0.25, 0.3) is 5.91 Å². The van der Waals surface area contributed by atoms with E-state index in [1.165, 1.54) is 16.2 Å². The molecule has 2 heterocycles. The average Bonchev–Trinajstić information content (AvgIpc) is 3.31. The molecule has 0 N–H and O–H groups in total. The Morgan fingerprint density at radius 3 is 2.46 bits per heavy atom. The van der Waals surface area contributed by atoms with Crippen molar-refractivity contribution in [3.05, 3.63) is 70.2 Å². The number of pyridine rings is 1. The molecule has 4 rings (SSSR count). The highest BCUT2D eigenvalue weighted by molar-refractivity contribution is 7.98. The number of amides is 1. The number of nitrogens with zero attached hydrogens (tertiary/aromatic N) is 4. The van der Waals surface area contributed by atoms with Gasteiger partial charge in [-0.05, 0) is 75.3 Å². The molecule has 0 aliphatic carbocycles. The lowest BCUT2D eigenvalue weighted by Crippen LogP contribution is -2.36. The average molecular weight is 507 g/mol. The van der Waals surface area contributed by atoms with E-state index in [1.807, 2.05) is 55.6 Å². The summed E-state index contributed by atoms with van der Waals surface area (Å²) in [6.07, 6.45) is 2.06. The van der Waals surface area contributed by atoms with Gasteiger partial charge < -0.3 is 14.5 Å². The second-order valence-electron chi connectivity index (χ2n) is 8.56. The van der Waals surface area contributed by atoms with E-state index in [-0.39, 0.29) is 5.91 Å². The standard InChI is InChI=1S/C27H30N4O2S2/c1-18-28-25(17-35-18)27(32)31(13-12-30(2)3)16-21-14-20-8-11-23(34-5)15-24(20)29-26(21)19-6-9-22(33-4)10-7-19/h6-11,14-15,17H,12-13,16H2,1-5H3. The number of thiazole rings is 1. The van der Waals surface area contributed by atoms with Gasteiger partial charge in [0.1, 0.15) is 11.4 Å². The lowest BCUT2D eigenvalue weighted by molar-refractivity contribution is 0.0727. The Morgan fingerprint density at radius 1 is 1.06 bits per heavy atom. The predicted molar refractivity (Wildman–Crippen MR) is 146 cm³/mol. The van der Waals surface area contributed by atoms with Crippen LogP contribution in [-0.4, -0.2) is 66.2 Å². The molecule has 35 heavy (non-hydrogen) atoms. The largest absolute Gasteiger partial charge is 0.497 e. The Hall–Kier alpha value is -2.94. The Kier molecular flexibility index (Phi) is 8.05. The highest BCUT2D eigenvalue weighted by Crippen LogP contribution is 2.30. The van der Waals surface area contributed by atoms with Gasteiger partial charge in [0.05, 0.1) is 23.3 Å². The Balaban J connectivity index is 1.79. The number of rotatable bonds is 9. The minimum absolute atomic E-state index is 0.0605. The van der Waals surface area contributed by atoms with Gasteiger partial charge in [-0.2, -0.15) is 0 Å². The van der Waals surface area contributed by atoms with Crippen LogP contribution in [0.1, 0.15) is 21.1 Å². The lowest BCUT2D eigenvalue weighted by atomic mass is 10.0. The summed E-state index contributed by atoms with van der Waals surface area (Å²) in [5.74, 6) is 0.733. The molecular weight excluding hydrogens is 476 g/mol. The van der Waals surface area contributed by atoms with Gasteiger partial charge in [-0.15, -0.1) is 23.1 Å². The second kappa shape index (κ2) is 11.2. The molecule has 0 atom stereocenters. The molecule has 0 radical (unpaired) electrons. The molecule has 1 amide bonds. The zero-order valence-electron chi connectivity index (χ0n) is 20.7. The zero-order valence-corrected chi connectivity index (χ0v) is 22.4. The van der Waals surface area contributed by atoms with Crippen LogP contribution < -0.4 is 4.74 Å². The molecule has 8 heteroatoms. The minimum Gasteiger partial charge on any atom is -0.497 e. The number of aromatic nitrogens is 2. The Morgan fingerprint density at radius 2 is 1.83 bits per heavy atom. The van der Waals surface area contributed by atoms with E-state index < -0.39 is 0 Å². The maximum absolute atomic E-state index is 13.5. The second-order valence-corrected chi connectivity index (χ2v) is 10.5. The van der Waals surface area contributed by atoms with E-state index in [1.54, 1.807) is 18.9 Å². The van der Waals surface area contributed by atoms with Crippen LogP contribution in [0.3, 0.4) is 0 Å². The molecule has 0 saturated heterocycles. The van der Waals surface area contributed by atoms with Crippen LogP contribution in [0.4, 0.5) is 0 Å². The zero-order chi connectivity index (χ0) is 24.9. The molecule has 0 bridgehead atoms. The molecule has 0 saturated carbocycles. The fourth-order valence-corrected chi connectivity index (χ4v) is 4.86. The molecular formula is C27H30N4O2S2. The van der Waals surface area contributed by atoms with Crippen molar-refractivity contribution in [1.82, 2.24) is 19.8 Å². The van der Waals surface area contributed by atoms with Crippen LogP contribution in [0.2, 0.25) is 0 Å². The Labute approximate surface area is 215 Å². The lowest BCUT2D eigenvalue weighted by Gasteiger charge is -2.25. The molecule has 4 aromatic rings. The summed E-state index contributed by atoms with van der Waals surface area (Å²) in [7, 11) is 5.69. The molecule has 0 spiro atoms.